The van der Waals surface area contributed by atoms with E-state index in [-0.39, 0.29) is 5.92 Å². The van der Waals surface area contributed by atoms with Crippen LogP contribution in [0.1, 0.15) is 64.6 Å². The highest BCUT2D eigenvalue weighted by Gasteiger charge is 2.34. The standard InChI is InChI=1S/C14H27N3O2/c1-7-11(15-5)10(4)12-16-13(17-19-12)14(8-2,9-3)18-6/h10-11,15H,7-9H2,1-6H3. The third kappa shape index (κ3) is 3.15. The van der Waals surface area contributed by atoms with E-state index in [9.17, 15) is 0 Å². The van der Waals surface area contributed by atoms with Crippen molar-refractivity contribution in [3.63, 3.8) is 0 Å². The number of hydrogen-bond acceptors (Lipinski definition) is 5. The molecule has 1 aromatic heterocycles. The highest BCUT2D eigenvalue weighted by molar-refractivity contribution is 5.04. The molecule has 1 rings (SSSR count). The van der Waals surface area contributed by atoms with E-state index in [1.54, 1.807) is 7.11 Å². The summed E-state index contributed by atoms with van der Waals surface area (Å²) in [6.07, 6.45) is 2.68. The van der Waals surface area contributed by atoms with Crippen LogP contribution in [0, 0.1) is 0 Å². The van der Waals surface area contributed by atoms with Crippen LogP contribution in [0.5, 0.6) is 0 Å². The van der Waals surface area contributed by atoms with E-state index in [0.717, 1.165) is 19.3 Å². The lowest BCUT2D eigenvalue weighted by molar-refractivity contribution is -0.0306. The van der Waals surface area contributed by atoms with Crippen molar-refractivity contribution in [2.45, 2.75) is 64.5 Å². The average Bonchev–Trinajstić information content (AvgIpc) is 2.93. The van der Waals surface area contributed by atoms with Crippen molar-refractivity contribution in [2.24, 2.45) is 0 Å². The van der Waals surface area contributed by atoms with Crippen molar-refractivity contribution in [2.75, 3.05) is 14.2 Å². The highest BCUT2D eigenvalue weighted by atomic mass is 16.5. The SMILES string of the molecule is CCC(NC)C(C)c1nc(C(CC)(CC)OC)no1. The molecule has 0 bridgehead atoms. The molecule has 0 spiro atoms. The first-order valence-electron chi connectivity index (χ1n) is 7.14. The van der Waals surface area contributed by atoms with Crippen molar-refractivity contribution in [3.05, 3.63) is 11.7 Å². The fraction of sp³-hybridized carbons (Fsp3) is 0.857. The third-order valence-corrected chi connectivity index (χ3v) is 4.19. The maximum absolute atomic E-state index is 5.63. The fourth-order valence-corrected chi connectivity index (χ4v) is 2.53. The number of methoxy groups -OCH3 is 1. The van der Waals surface area contributed by atoms with Gasteiger partial charge in [0.1, 0.15) is 5.60 Å². The number of ether oxygens (including phenoxy) is 1. The second-order valence-electron chi connectivity index (χ2n) is 4.95. The zero-order valence-electron chi connectivity index (χ0n) is 13.0. The molecule has 0 aromatic carbocycles. The zero-order chi connectivity index (χ0) is 14.5. The monoisotopic (exact) mass is 269 g/mol. The Morgan fingerprint density at radius 2 is 1.95 bits per heavy atom. The first-order chi connectivity index (χ1) is 9.08. The summed E-state index contributed by atoms with van der Waals surface area (Å²) < 4.78 is 11.1. The van der Waals surface area contributed by atoms with E-state index in [1.165, 1.54) is 0 Å². The molecular formula is C14H27N3O2. The Morgan fingerprint density at radius 3 is 2.37 bits per heavy atom. The van der Waals surface area contributed by atoms with Gasteiger partial charge in [-0.15, -0.1) is 0 Å². The summed E-state index contributed by atoms with van der Waals surface area (Å²) in [5, 5.41) is 7.42. The largest absolute Gasteiger partial charge is 0.370 e. The summed E-state index contributed by atoms with van der Waals surface area (Å²) in [5.41, 5.74) is -0.428. The van der Waals surface area contributed by atoms with Gasteiger partial charge in [0.2, 0.25) is 11.7 Å². The Kier molecular flexibility index (Phi) is 5.94. The van der Waals surface area contributed by atoms with E-state index in [4.69, 9.17) is 9.26 Å². The van der Waals surface area contributed by atoms with Crippen molar-refractivity contribution in [3.8, 4) is 0 Å². The molecule has 2 unspecified atom stereocenters. The Bertz CT molecular complexity index is 362. The minimum Gasteiger partial charge on any atom is -0.370 e. The predicted molar refractivity (Wildman–Crippen MR) is 75.1 cm³/mol. The van der Waals surface area contributed by atoms with Gasteiger partial charge in [0, 0.05) is 13.2 Å². The van der Waals surface area contributed by atoms with Gasteiger partial charge in [0.05, 0.1) is 5.92 Å². The van der Waals surface area contributed by atoms with E-state index in [2.05, 4.69) is 43.2 Å². The second-order valence-corrected chi connectivity index (χ2v) is 4.95. The minimum atomic E-state index is -0.428. The third-order valence-electron chi connectivity index (χ3n) is 4.19. The molecular weight excluding hydrogens is 242 g/mol. The molecule has 1 heterocycles. The average molecular weight is 269 g/mol. The fourth-order valence-electron chi connectivity index (χ4n) is 2.53. The summed E-state index contributed by atoms with van der Waals surface area (Å²) in [4.78, 5) is 4.57. The number of aromatic nitrogens is 2. The zero-order valence-corrected chi connectivity index (χ0v) is 13.0. The number of nitrogens with zero attached hydrogens (tertiary/aromatic N) is 2. The van der Waals surface area contributed by atoms with Gasteiger partial charge < -0.3 is 14.6 Å². The molecule has 1 aromatic rings. The van der Waals surface area contributed by atoms with Gasteiger partial charge in [-0.1, -0.05) is 32.9 Å². The molecule has 0 aliphatic heterocycles. The second kappa shape index (κ2) is 7.01. The van der Waals surface area contributed by atoms with Crippen LogP contribution in [0.2, 0.25) is 0 Å². The van der Waals surface area contributed by atoms with Crippen LogP contribution in [-0.4, -0.2) is 30.3 Å². The lowest BCUT2D eigenvalue weighted by atomic mass is 9.96. The Labute approximate surface area is 116 Å². The maximum atomic E-state index is 5.63. The summed E-state index contributed by atoms with van der Waals surface area (Å²) >= 11 is 0. The van der Waals surface area contributed by atoms with Crippen molar-refractivity contribution in [1.29, 1.82) is 0 Å². The maximum Gasteiger partial charge on any atom is 0.231 e. The Balaban J connectivity index is 2.98. The lowest BCUT2D eigenvalue weighted by Crippen LogP contribution is -2.31. The minimum absolute atomic E-state index is 0.194. The van der Waals surface area contributed by atoms with Crippen molar-refractivity contribution < 1.29 is 9.26 Å². The molecule has 1 N–H and O–H groups in total. The van der Waals surface area contributed by atoms with Gasteiger partial charge >= 0.3 is 0 Å². The number of likely N-dealkylation sites (N-methyl/N-ethyl adjacent to an activating group) is 1. The molecule has 0 saturated heterocycles. The van der Waals surface area contributed by atoms with Crippen LogP contribution < -0.4 is 5.32 Å². The lowest BCUT2D eigenvalue weighted by Gasteiger charge is -2.26. The molecule has 0 saturated carbocycles. The van der Waals surface area contributed by atoms with Crippen molar-refractivity contribution in [1.82, 2.24) is 15.5 Å². The van der Waals surface area contributed by atoms with Gasteiger partial charge in [-0.3, -0.25) is 0 Å². The smallest absolute Gasteiger partial charge is 0.231 e. The van der Waals surface area contributed by atoms with Gasteiger partial charge in [-0.05, 0) is 26.3 Å². The number of nitrogens with one attached hydrogen (secondary N) is 1. The van der Waals surface area contributed by atoms with Gasteiger partial charge in [0.25, 0.3) is 0 Å². The topological polar surface area (TPSA) is 60.2 Å². The van der Waals surface area contributed by atoms with Gasteiger partial charge in [0.15, 0.2) is 0 Å². The molecule has 0 amide bonds. The van der Waals surface area contributed by atoms with Crippen LogP contribution in [0.4, 0.5) is 0 Å². The van der Waals surface area contributed by atoms with E-state index in [0.29, 0.717) is 17.8 Å². The van der Waals surface area contributed by atoms with E-state index in [1.807, 2.05) is 7.05 Å². The van der Waals surface area contributed by atoms with Gasteiger partial charge in [-0.2, -0.15) is 4.98 Å². The molecule has 0 aliphatic carbocycles. The predicted octanol–water partition coefficient (Wildman–Crippen LogP) is 2.83. The van der Waals surface area contributed by atoms with Crippen LogP contribution in [-0.2, 0) is 10.3 Å². The van der Waals surface area contributed by atoms with Crippen LogP contribution in [0.25, 0.3) is 0 Å². The summed E-state index contributed by atoms with van der Waals surface area (Å²) in [6, 6.07) is 0.341. The summed E-state index contributed by atoms with van der Waals surface area (Å²) in [7, 11) is 3.66. The molecule has 0 radical (unpaired) electrons. The van der Waals surface area contributed by atoms with E-state index >= 15 is 0 Å². The van der Waals surface area contributed by atoms with Crippen LogP contribution in [0.3, 0.4) is 0 Å². The molecule has 5 heteroatoms. The summed E-state index contributed by atoms with van der Waals surface area (Å²) in [5.74, 6) is 1.53. The molecule has 110 valence electrons. The molecule has 19 heavy (non-hydrogen) atoms. The number of hydrogen-bond donors (Lipinski definition) is 1. The van der Waals surface area contributed by atoms with Crippen molar-refractivity contribution >= 4 is 0 Å². The highest BCUT2D eigenvalue weighted by Crippen LogP contribution is 2.31. The van der Waals surface area contributed by atoms with Crippen LogP contribution in [0.15, 0.2) is 4.52 Å². The number of rotatable bonds is 8. The Morgan fingerprint density at radius 1 is 1.32 bits per heavy atom. The van der Waals surface area contributed by atoms with Crippen LogP contribution >= 0.6 is 0 Å². The quantitative estimate of drug-likeness (QED) is 0.786. The van der Waals surface area contributed by atoms with Gasteiger partial charge in [-0.25, -0.2) is 0 Å². The first-order valence-corrected chi connectivity index (χ1v) is 7.14. The summed E-state index contributed by atoms with van der Waals surface area (Å²) in [6.45, 7) is 8.41. The van der Waals surface area contributed by atoms with E-state index < -0.39 is 5.60 Å². The molecule has 2 atom stereocenters. The molecule has 0 fully saturated rings. The Hall–Kier alpha value is -0.940. The molecule has 0 aliphatic rings. The molecule has 5 nitrogen and oxygen atoms in total. The first kappa shape index (κ1) is 16.1. The normalized spacial score (nSPS) is 15.5.